The van der Waals surface area contributed by atoms with E-state index in [1.54, 1.807) is 12.1 Å². The van der Waals surface area contributed by atoms with Crippen LogP contribution in [0.25, 0.3) is 0 Å². The van der Waals surface area contributed by atoms with Gasteiger partial charge in [-0.05, 0) is 19.1 Å². The average Bonchev–Trinajstić information content (AvgIpc) is 2.56. The van der Waals surface area contributed by atoms with Crippen molar-refractivity contribution in [2.75, 3.05) is 17.9 Å². The van der Waals surface area contributed by atoms with Gasteiger partial charge < -0.3 is 9.47 Å². The van der Waals surface area contributed by atoms with Crippen molar-refractivity contribution in [3.05, 3.63) is 47.8 Å². The number of ether oxygens (including phenoxy) is 2. The molecule has 1 aromatic heterocycles. The Morgan fingerprint density at radius 3 is 2.20 bits per heavy atom. The molecule has 0 aliphatic carbocycles. The standard InChI is InChI=1S/C17H21N3O4S/c1-12-4-6-14(7-5-12)25(21,22)20-16-18-8-13(9-19-16)15-23-10-17(2,3)11-24-15/h4-9,15H,10-11H2,1-3H3,(H,18,19,20). The zero-order valence-corrected chi connectivity index (χ0v) is 15.2. The molecule has 1 aliphatic heterocycles. The Balaban J connectivity index is 1.69. The van der Waals surface area contributed by atoms with Crippen LogP contribution in [-0.4, -0.2) is 31.6 Å². The van der Waals surface area contributed by atoms with Crippen LogP contribution in [-0.2, 0) is 19.5 Å². The molecule has 1 saturated heterocycles. The minimum absolute atomic E-state index is 0.000430. The third kappa shape index (κ3) is 4.33. The number of sulfonamides is 1. The third-order valence-corrected chi connectivity index (χ3v) is 5.10. The van der Waals surface area contributed by atoms with Crippen LogP contribution in [0.4, 0.5) is 5.95 Å². The van der Waals surface area contributed by atoms with Crippen molar-refractivity contribution in [2.24, 2.45) is 5.41 Å². The van der Waals surface area contributed by atoms with Gasteiger partial charge in [0.1, 0.15) is 0 Å². The van der Waals surface area contributed by atoms with Crippen molar-refractivity contribution in [1.29, 1.82) is 0 Å². The summed E-state index contributed by atoms with van der Waals surface area (Å²) in [5, 5.41) is 0. The number of aromatic nitrogens is 2. The first-order valence-corrected chi connectivity index (χ1v) is 9.38. The molecule has 1 aliphatic rings. The number of rotatable bonds is 4. The molecular formula is C17H21N3O4S. The molecule has 7 nitrogen and oxygen atoms in total. The first-order chi connectivity index (χ1) is 11.8. The van der Waals surface area contributed by atoms with Crippen LogP contribution < -0.4 is 4.72 Å². The molecule has 8 heteroatoms. The first kappa shape index (κ1) is 17.8. The number of nitrogens with zero attached hydrogens (tertiary/aromatic N) is 2. The normalized spacial score (nSPS) is 18.0. The molecule has 2 heterocycles. The van der Waals surface area contributed by atoms with E-state index in [1.807, 2.05) is 6.92 Å². The molecule has 0 radical (unpaired) electrons. The summed E-state index contributed by atoms with van der Waals surface area (Å²) in [6.07, 6.45) is 2.47. The Kier molecular flexibility index (Phi) is 4.77. The van der Waals surface area contributed by atoms with Crippen LogP contribution in [0, 0.1) is 12.3 Å². The summed E-state index contributed by atoms with van der Waals surface area (Å²) in [4.78, 5) is 8.27. The monoisotopic (exact) mass is 363 g/mol. The Morgan fingerprint density at radius 2 is 1.64 bits per heavy atom. The van der Waals surface area contributed by atoms with Gasteiger partial charge in [-0.2, -0.15) is 0 Å². The van der Waals surface area contributed by atoms with Gasteiger partial charge in [0.05, 0.1) is 18.1 Å². The number of nitrogens with one attached hydrogen (secondary N) is 1. The zero-order valence-electron chi connectivity index (χ0n) is 14.4. The Bertz CT molecular complexity index is 823. The molecule has 1 aromatic carbocycles. The summed E-state index contributed by atoms with van der Waals surface area (Å²) < 4.78 is 38.3. The minimum Gasteiger partial charge on any atom is -0.348 e. The summed E-state index contributed by atoms with van der Waals surface area (Å²) in [6, 6.07) is 6.55. The number of benzene rings is 1. The second kappa shape index (κ2) is 6.70. The van der Waals surface area contributed by atoms with E-state index >= 15 is 0 Å². The topological polar surface area (TPSA) is 90.4 Å². The van der Waals surface area contributed by atoms with Crippen LogP contribution in [0.1, 0.15) is 31.3 Å². The van der Waals surface area contributed by atoms with Crippen LogP contribution >= 0.6 is 0 Å². The highest BCUT2D eigenvalue weighted by atomic mass is 32.2. The van der Waals surface area contributed by atoms with Crippen molar-refractivity contribution in [3.63, 3.8) is 0 Å². The highest BCUT2D eigenvalue weighted by molar-refractivity contribution is 7.92. The number of aryl methyl sites for hydroxylation is 1. The largest absolute Gasteiger partial charge is 0.348 e. The molecule has 1 fully saturated rings. The van der Waals surface area contributed by atoms with Gasteiger partial charge in [0.2, 0.25) is 5.95 Å². The molecule has 0 saturated carbocycles. The molecule has 0 bridgehead atoms. The predicted octanol–water partition coefficient (Wildman–Crippen LogP) is 2.66. The lowest BCUT2D eigenvalue weighted by molar-refractivity contribution is -0.226. The minimum atomic E-state index is -3.72. The van der Waals surface area contributed by atoms with Crippen molar-refractivity contribution in [3.8, 4) is 0 Å². The second-order valence-corrected chi connectivity index (χ2v) is 8.56. The van der Waals surface area contributed by atoms with E-state index in [0.717, 1.165) is 5.56 Å². The van der Waals surface area contributed by atoms with Gasteiger partial charge in [0.25, 0.3) is 10.0 Å². The van der Waals surface area contributed by atoms with Gasteiger partial charge >= 0.3 is 0 Å². The van der Waals surface area contributed by atoms with E-state index in [2.05, 4.69) is 28.5 Å². The Morgan fingerprint density at radius 1 is 1.08 bits per heavy atom. The van der Waals surface area contributed by atoms with E-state index in [4.69, 9.17) is 9.47 Å². The fourth-order valence-electron chi connectivity index (χ4n) is 2.29. The number of hydrogen-bond acceptors (Lipinski definition) is 6. The van der Waals surface area contributed by atoms with E-state index in [9.17, 15) is 8.42 Å². The molecule has 0 spiro atoms. The van der Waals surface area contributed by atoms with Gasteiger partial charge in [0, 0.05) is 23.4 Å². The Labute approximate surface area is 147 Å². The van der Waals surface area contributed by atoms with E-state index in [1.165, 1.54) is 24.5 Å². The van der Waals surface area contributed by atoms with E-state index < -0.39 is 16.3 Å². The number of hydrogen-bond donors (Lipinski definition) is 1. The molecule has 25 heavy (non-hydrogen) atoms. The molecular weight excluding hydrogens is 342 g/mol. The summed E-state index contributed by atoms with van der Waals surface area (Å²) in [7, 11) is -3.72. The lowest BCUT2D eigenvalue weighted by atomic mass is 9.95. The molecule has 3 rings (SSSR count). The van der Waals surface area contributed by atoms with Crippen molar-refractivity contribution in [1.82, 2.24) is 9.97 Å². The summed E-state index contributed by atoms with van der Waals surface area (Å²) >= 11 is 0. The van der Waals surface area contributed by atoms with Gasteiger partial charge in [-0.15, -0.1) is 0 Å². The van der Waals surface area contributed by atoms with Crippen LogP contribution in [0.2, 0.25) is 0 Å². The first-order valence-electron chi connectivity index (χ1n) is 7.90. The van der Waals surface area contributed by atoms with Crippen LogP contribution in [0.5, 0.6) is 0 Å². The van der Waals surface area contributed by atoms with Crippen molar-refractivity contribution in [2.45, 2.75) is 32.0 Å². The van der Waals surface area contributed by atoms with Gasteiger partial charge in [-0.3, -0.25) is 0 Å². The summed E-state index contributed by atoms with van der Waals surface area (Å²) in [5.41, 5.74) is 1.60. The van der Waals surface area contributed by atoms with Gasteiger partial charge in [-0.25, -0.2) is 23.1 Å². The molecule has 0 amide bonds. The quantitative estimate of drug-likeness (QED) is 0.898. The fraction of sp³-hybridized carbons (Fsp3) is 0.412. The maximum absolute atomic E-state index is 12.3. The van der Waals surface area contributed by atoms with E-state index in [-0.39, 0.29) is 16.3 Å². The smallest absolute Gasteiger partial charge is 0.264 e. The van der Waals surface area contributed by atoms with Crippen molar-refractivity contribution >= 4 is 16.0 Å². The molecule has 134 valence electrons. The van der Waals surface area contributed by atoms with Crippen LogP contribution in [0.3, 0.4) is 0 Å². The highest BCUT2D eigenvalue weighted by Crippen LogP contribution is 2.30. The van der Waals surface area contributed by atoms with Gasteiger partial charge in [0.15, 0.2) is 6.29 Å². The SMILES string of the molecule is Cc1ccc(S(=O)(=O)Nc2ncc(C3OCC(C)(C)CO3)cn2)cc1. The lowest BCUT2D eigenvalue weighted by Gasteiger charge is -2.34. The molecule has 0 atom stereocenters. The summed E-state index contributed by atoms with van der Waals surface area (Å²) in [6.45, 7) is 7.15. The van der Waals surface area contributed by atoms with Crippen molar-refractivity contribution < 1.29 is 17.9 Å². The number of anilines is 1. The Hall–Kier alpha value is -2.03. The average molecular weight is 363 g/mol. The van der Waals surface area contributed by atoms with Crippen LogP contribution in [0.15, 0.2) is 41.6 Å². The maximum atomic E-state index is 12.3. The highest BCUT2D eigenvalue weighted by Gasteiger charge is 2.29. The zero-order chi connectivity index (χ0) is 18.1. The maximum Gasteiger partial charge on any atom is 0.264 e. The molecule has 1 N–H and O–H groups in total. The molecule has 2 aromatic rings. The second-order valence-electron chi connectivity index (χ2n) is 6.88. The fourth-order valence-corrected chi connectivity index (χ4v) is 3.25. The van der Waals surface area contributed by atoms with E-state index in [0.29, 0.717) is 18.8 Å². The third-order valence-electron chi connectivity index (χ3n) is 3.75. The summed E-state index contributed by atoms with van der Waals surface area (Å²) in [5.74, 6) is 0.000430. The lowest BCUT2D eigenvalue weighted by Crippen LogP contribution is -2.33. The molecule has 0 unspecified atom stereocenters. The van der Waals surface area contributed by atoms with Gasteiger partial charge in [-0.1, -0.05) is 31.5 Å². The predicted molar refractivity (Wildman–Crippen MR) is 92.4 cm³/mol.